The summed E-state index contributed by atoms with van der Waals surface area (Å²) in [7, 11) is 4.38. The van der Waals surface area contributed by atoms with E-state index in [2.05, 4.69) is 174 Å². The number of phenolic OH excluding ortho intramolecular Hbond substituents is 2. The molecule has 3 saturated heterocycles. The van der Waals surface area contributed by atoms with Crippen molar-refractivity contribution in [1.82, 2.24) is 0 Å². The maximum atomic E-state index is 11.8. The van der Waals surface area contributed by atoms with Gasteiger partial charge in [0.2, 0.25) is 5.69 Å². The van der Waals surface area contributed by atoms with Crippen LogP contribution in [-0.4, -0.2) is 82.4 Å². The van der Waals surface area contributed by atoms with E-state index in [0.717, 1.165) is 111 Å². The molecule has 3 fully saturated rings. The lowest BCUT2D eigenvalue weighted by molar-refractivity contribution is -0.401. The number of hydrogen-bond donors (Lipinski definition) is 3. The van der Waals surface area contributed by atoms with Crippen molar-refractivity contribution in [2.75, 3.05) is 19.0 Å². The van der Waals surface area contributed by atoms with E-state index in [1.807, 2.05) is 36.4 Å². The number of nitrogens with zero attached hydrogens (tertiary/aromatic N) is 2. The lowest BCUT2D eigenvalue weighted by Gasteiger charge is -2.38. The van der Waals surface area contributed by atoms with E-state index in [1.165, 1.54) is 55.5 Å². The summed E-state index contributed by atoms with van der Waals surface area (Å²) < 4.78 is 49.3. The summed E-state index contributed by atoms with van der Waals surface area (Å²) in [5.41, 5.74) is 11.9. The van der Waals surface area contributed by atoms with Crippen LogP contribution in [0.5, 0.6) is 17.2 Å². The van der Waals surface area contributed by atoms with E-state index in [9.17, 15) is 15.3 Å². The molecule has 13 rings (SSSR count). The maximum Gasteiger partial charge on any atom is 0.210 e. The van der Waals surface area contributed by atoms with Crippen LogP contribution in [0, 0.1) is 0 Å². The Morgan fingerprint density at radius 1 is 0.574 bits per heavy atom. The fourth-order valence-electron chi connectivity index (χ4n) is 16.0. The van der Waals surface area contributed by atoms with Gasteiger partial charge in [-0.25, -0.2) is 0 Å². The summed E-state index contributed by atoms with van der Waals surface area (Å²) in [4.78, 5) is 2.36. The maximum absolute atomic E-state index is 11.8. The Morgan fingerprint density at radius 3 is 1.77 bits per heavy atom. The van der Waals surface area contributed by atoms with Gasteiger partial charge in [0, 0.05) is 77.5 Å². The lowest BCUT2D eigenvalue weighted by Crippen LogP contribution is -2.36. The molecule has 5 heterocycles. The number of allylic oxidation sites excluding steroid dienone is 7. The van der Waals surface area contributed by atoms with Gasteiger partial charge in [0.1, 0.15) is 30.1 Å². The molecule has 5 aliphatic heterocycles. The van der Waals surface area contributed by atoms with Gasteiger partial charge in [-0.05, 0) is 183 Å². The van der Waals surface area contributed by atoms with Gasteiger partial charge in [-0.15, -0.1) is 0 Å². The number of aliphatic hydroxyl groups excluding tert-OH is 1. The largest absolute Gasteiger partial charge is 0.508 e. The third-order valence-corrected chi connectivity index (χ3v) is 20.7. The lowest BCUT2D eigenvalue weighted by atomic mass is 9.79. The summed E-state index contributed by atoms with van der Waals surface area (Å²) in [6.45, 7) is 13.7. The van der Waals surface area contributed by atoms with Crippen LogP contribution < -0.4 is 9.64 Å². The minimum absolute atomic E-state index is 0.0104. The van der Waals surface area contributed by atoms with Gasteiger partial charge < -0.3 is 53.4 Å². The number of aliphatic hydroxyl groups is 1. The Morgan fingerprint density at radius 2 is 1.13 bits per heavy atom. The molecule has 3 N–H and O–H groups in total. The number of rotatable bonds is 21. The van der Waals surface area contributed by atoms with E-state index >= 15 is 0 Å². The normalized spacial score (nSPS) is 26.3. The summed E-state index contributed by atoms with van der Waals surface area (Å²) in [6, 6.07) is 48.9. The second-order valence-corrected chi connectivity index (χ2v) is 28.1. The summed E-state index contributed by atoms with van der Waals surface area (Å²) in [5.74, 6) is 1.94. The predicted octanol–water partition coefficient (Wildman–Crippen LogP) is 18.6. The number of aromatic hydroxyl groups is 2. The molecule has 0 spiro atoms. The number of likely N-dealkylation sites (N-methyl/N-ethyl adjacent to an activating group) is 1. The molecule has 0 aromatic heterocycles. The van der Waals surface area contributed by atoms with Crippen LogP contribution in [0.15, 0.2) is 192 Å². The third-order valence-electron chi connectivity index (χ3n) is 20.7. The molecule has 0 radical (unpaired) electrons. The Labute approximate surface area is 555 Å². The molecule has 12 heteroatoms. The third kappa shape index (κ3) is 13.9. The quantitative estimate of drug-likeness (QED) is 0.0594. The van der Waals surface area contributed by atoms with E-state index in [-0.39, 0.29) is 59.0 Å². The highest BCUT2D eigenvalue weighted by Gasteiger charge is 2.45. The van der Waals surface area contributed by atoms with Gasteiger partial charge in [0.15, 0.2) is 24.6 Å². The Kier molecular flexibility index (Phi) is 19.5. The number of ether oxygens (including phenoxy) is 7. The zero-order valence-electron chi connectivity index (χ0n) is 56.1. The predicted molar refractivity (Wildman–Crippen MR) is 373 cm³/mol. The highest BCUT2D eigenvalue weighted by molar-refractivity contribution is 6.07. The first kappa shape index (κ1) is 65.3. The van der Waals surface area contributed by atoms with Crippen molar-refractivity contribution in [3.63, 3.8) is 0 Å². The molecule has 7 aromatic carbocycles. The molecule has 1 aliphatic carbocycles. The molecule has 7 aromatic rings. The molecule has 0 saturated carbocycles. The molecular formula is C82H95N2O10+. The van der Waals surface area contributed by atoms with Crippen LogP contribution in [-0.2, 0) is 39.3 Å². The Balaban J connectivity index is 0.696. The highest BCUT2D eigenvalue weighted by Crippen LogP contribution is 2.51. The smallest absolute Gasteiger partial charge is 0.210 e. The second kappa shape index (κ2) is 28.1. The number of phenols is 2. The zero-order chi connectivity index (χ0) is 65.3. The number of fused-ring (bicyclic) bond motifs is 6. The molecule has 94 heavy (non-hydrogen) atoms. The fourth-order valence-corrected chi connectivity index (χ4v) is 16.0. The highest BCUT2D eigenvalue weighted by atomic mass is 16.7. The molecular weight excluding hydrogens is 1170 g/mol. The second-order valence-electron chi connectivity index (χ2n) is 28.1. The van der Waals surface area contributed by atoms with E-state index in [4.69, 9.17) is 33.2 Å². The van der Waals surface area contributed by atoms with Crippen molar-refractivity contribution in [1.29, 1.82) is 0 Å². The number of anilines is 1. The van der Waals surface area contributed by atoms with Crippen molar-refractivity contribution >= 4 is 38.6 Å². The molecule has 0 bridgehead atoms. The molecule has 10 atom stereocenters. The van der Waals surface area contributed by atoms with Crippen LogP contribution in [0.4, 0.5) is 11.4 Å². The first-order valence-corrected chi connectivity index (χ1v) is 34.7. The van der Waals surface area contributed by atoms with Gasteiger partial charge in [-0.1, -0.05) is 131 Å². The van der Waals surface area contributed by atoms with E-state index < -0.39 is 25.0 Å². The van der Waals surface area contributed by atoms with Gasteiger partial charge in [0.05, 0.1) is 48.1 Å². The monoisotopic (exact) mass is 1270 g/mol. The van der Waals surface area contributed by atoms with Crippen molar-refractivity contribution in [3.05, 3.63) is 220 Å². The van der Waals surface area contributed by atoms with Crippen molar-refractivity contribution in [3.8, 4) is 17.2 Å². The standard InChI is InChI=1S/C82H94N2O10/c1-9-20-63-51-68(48-61(87)28-18-30-66-50-67(93-79(92-66)57-24-16-27-60(86)46-57)32-19-31-65-49-62(10-2)89-78(91-65)56-23-15-26-59(85)45-56)94-80(90-63)58-25-17-29-64(47-58)88-77-54(39-43-73-81(3,4)75-69-33-13-11-21-52(69)37-41-71(75)83(73)7)35-36-55(77)40-44-74-82(5,6)76-70-34-14-12-22-53(70)38-42-72(76)84(74)8/h11-17,21-27,29,33-34,37-47,61-63,65-68,78-80,87H,9-10,18-20,28,30-32,35-36,48-51H2,1-8H3,(H-,85,86)/p+1. The number of benzene rings is 7. The van der Waals surface area contributed by atoms with E-state index in [1.54, 1.807) is 24.3 Å². The first-order valence-electron chi connectivity index (χ1n) is 34.7. The topological polar surface area (TPSA) is 132 Å². The SMILES string of the molecule is CCCC1CC(CC(O)CCCC2CC(CCCC3CC(CC)OC(c4cccc(O)c4)O3)OC(c3cccc(O)c3)O2)OC(c2cccc(OC3=C(/C=C/C4=[N+](C)c5ccc6ccccc6c5C4(C)C)CC/C3=C\C=C3\N(C)c4ccc5ccccc5c4C3(C)C)c2)O1. The fraction of sp³-hybridized carbons (Fsp3) is 0.427. The summed E-state index contributed by atoms with van der Waals surface area (Å²) in [6.07, 6.45) is 18.3. The average molecular weight is 1270 g/mol. The summed E-state index contributed by atoms with van der Waals surface area (Å²) >= 11 is 0. The van der Waals surface area contributed by atoms with Crippen molar-refractivity contribution in [2.45, 2.75) is 210 Å². The Bertz CT molecular complexity index is 4050. The molecule has 492 valence electrons. The molecule has 10 unspecified atom stereocenters. The zero-order valence-corrected chi connectivity index (χ0v) is 56.1. The molecule has 6 aliphatic rings. The minimum atomic E-state index is -0.636. The molecule has 0 amide bonds. The van der Waals surface area contributed by atoms with Crippen molar-refractivity contribution < 1.29 is 53.1 Å². The van der Waals surface area contributed by atoms with Crippen molar-refractivity contribution in [2.24, 2.45) is 0 Å². The van der Waals surface area contributed by atoms with Gasteiger partial charge in [-0.2, -0.15) is 4.58 Å². The van der Waals surface area contributed by atoms with Gasteiger partial charge in [0.25, 0.3) is 0 Å². The van der Waals surface area contributed by atoms with Crippen LogP contribution in [0.2, 0.25) is 0 Å². The summed E-state index contributed by atoms with van der Waals surface area (Å²) in [5, 5.41) is 37.6. The first-order chi connectivity index (χ1) is 45.5. The van der Waals surface area contributed by atoms with Gasteiger partial charge in [-0.3, -0.25) is 0 Å². The van der Waals surface area contributed by atoms with Crippen LogP contribution in [0.3, 0.4) is 0 Å². The minimum Gasteiger partial charge on any atom is -0.508 e. The number of hydrogen-bond acceptors (Lipinski definition) is 11. The van der Waals surface area contributed by atoms with Crippen LogP contribution in [0.1, 0.15) is 185 Å². The van der Waals surface area contributed by atoms with Gasteiger partial charge >= 0.3 is 0 Å². The van der Waals surface area contributed by atoms with E-state index in [0.29, 0.717) is 25.0 Å². The molecule has 12 nitrogen and oxygen atoms in total. The van der Waals surface area contributed by atoms with Crippen LogP contribution in [0.25, 0.3) is 21.5 Å². The average Bonchev–Trinajstić information content (AvgIpc) is 1.58. The Hall–Kier alpha value is -7.39. The van der Waals surface area contributed by atoms with Crippen LogP contribution >= 0.6 is 0 Å².